The Labute approximate surface area is 214 Å². The second-order valence-corrected chi connectivity index (χ2v) is 7.64. The van der Waals surface area contributed by atoms with Gasteiger partial charge in [0, 0.05) is 12.6 Å². The number of nitrogens with one attached hydrogen (secondary N) is 2. The van der Waals surface area contributed by atoms with Crippen molar-refractivity contribution in [3.05, 3.63) is 59.7 Å². The molecule has 0 saturated heterocycles. The third kappa shape index (κ3) is 10.2. The first kappa shape index (κ1) is 31.5. The summed E-state index contributed by atoms with van der Waals surface area (Å²) in [7, 11) is 4.65. The van der Waals surface area contributed by atoms with Crippen LogP contribution in [0, 0.1) is 0 Å². The number of ether oxygens (including phenoxy) is 2. The van der Waals surface area contributed by atoms with Crippen LogP contribution >= 0.6 is 0 Å². The highest BCUT2D eigenvalue weighted by Crippen LogP contribution is 2.28. The first-order chi connectivity index (χ1) is 17.6. The number of amides is 1. The summed E-state index contributed by atoms with van der Waals surface area (Å²) in [5, 5.41) is 59.1. The third-order valence-electron chi connectivity index (χ3n) is 4.99. The second kappa shape index (κ2) is 16.3. The molecule has 12 heteroatoms. The average molecular weight is 523 g/mol. The second-order valence-electron chi connectivity index (χ2n) is 7.64. The van der Waals surface area contributed by atoms with Crippen LogP contribution in [0.5, 0.6) is 11.5 Å². The maximum absolute atomic E-state index is 12.0. The minimum Gasteiger partial charge on any atom is -0.493 e. The minimum atomic E-state index is -1.55. The molecule has 0 aliphatic carbocycles. The van der Waals surface area contributed by atoms with Gasteiger partial charge in [-0.3, -0.25) is 4.79 Å². The molecular formula is C25H34N2O10. The number of aromatic carboxylic acids is 1. The molecule has 0 saturated carbocycles. The van der Waals surface area contributed by atoms with E-state index in [1.807, 2.05) is 0 Å². The molecule has 0 unspecified atom stereocenters. The highest BCUT2D eigenvalue weighted by atomic mass is 16.5. The van der Waals surface area contributed by atoms with Crippen LogP contribution in [0.3, 0.4) is 0 Å². The lowest BCUT2D eigenvalue weighted by atomic mass is 10.0. The van der Waals surface area contributed by atoms with Gasteiger partial charge in [0.25, 0.3) is 0 Å². The van der Waals surface area contributed by atoms with Gasteiger partial charge in [0.2, 0.25) is 5.91 Å². The summed E-state index contributed by atoms with van der Waals surface area (Å²) in [6.45, 7) is -0.569. The van der Waals surface area contributed by atoms with E-state index in [0.717, 1.165) is 5.56 Å². The van der Waals surface area contributed by atoms with Crippen molar-refractivity contribution >= 4 is 23.6 Å². The molecule has 12 nitrogen and oxygen atoms in total. The number of carbonyl (C=O) groups excluding carboxylic acids is 1. The highest BCUT2D eigenvalue weighted by molar-refractivity contribution is 6.06. The lowest BCUT2D eigenvalue weighted by Crippen LogP contribution is -2.48. The number of para-hydroxylation sites is 1. The van der Waals surface area contributed by atoms with Crippen LogP contribution in [0.15, 0.2) is 48.5 Å². The number of benzene rings is 2. The van der Waals surface area contributed by atoms with Crippen LogP contribution < -0.4 is 20.1 Å². The van der Waals surface area contributed by atoms with Gasteiger partial charge in [-0.25, -0.2) is 4.79 Å². The van der Waals surface area contributed by atoms with Gasteiger partial charge in [0.15, 0.2) is 11.5 Å². The number of methoxy groups -OCH3 is 2. The molecule has 0 spiro atoms. The zero-order valence-electron chi connectivity index (χ0n) is 20.7. The number of likely N-dealkylation sites (N-methyl/N-ethyl adjacent to an activating group) is 1. The molecular weight excluding hydrogens is 488 g/mol. The summed E-state index contributed by atoms with van der Waals surface area (Å²) in [4.78, 5) is 23.1. The summed E-state index contributed by atoms with van der Waals surface area (Å²) < 4.78 is 10.3. The zero-order chi connectivity index (χ0) is 28.0. The number of carbonyl (C=O) groups is 2. The van der Waals surface area contributed by atoms with Crippen LogP contribution in [0.2, 0.25) is 0 Å². The molecule has 0 heterocycles. The smallest absolute Gasteiger partial charge is 0.337 e. The van der Waals surface area contributed by atoms with Crippen molar-refractivity contribution in [2.45, 2.75) is 24.4 Å². The molecule has 37 heavy (non-hydrogen) atoms. The quantitative estimate of drug-likeness (QED) is 0.170. The van der Waals surface area contributed by atoms with E-state index in [4.69, 9.17) is 35.0 Å². The number of carboxylic acids is 1. The van der Waals surface area contributed by atoms with Crippen molar-refractivity contribution in [1.82, 2.24) is 5.32 Å². The SMILES string of the molecule is CNC[C@H](O)[C@@H](O)[C@H](O)[C@H](O)CO.COc1ccc(/C=C/C(=O)Nc2ccccc2C(=O)O)cc1OC. The van der Waals surface area contributed by atoms with Crippen molar-refractivity contribution in [2.24, 2.45) is 0 Å². The first-order valence-corrected chi connectivity index (χ1v) is 11.1. The van der Waals surface area contributed by atoms with Crippen molar-refractivity contribution in [3.63, 3.8) is 0 Å². The third-order valence-corrected chi connectivity index (χ3v) is 4.99. The van der Waals surface area contributed by atoms with Gasteiger partial charge in [-0.15, -0.1) is 0 Å². The van der Waals surface area contributed by atoms with E-state index >= 15 is 0 Å². The Morgan fingerprint density at radius 1 is 0.946 bits per heavy atom. The Morgan fingerprint density at radius 2 is 1.57 bits per heavy atom. The van der Waals surface area contributed by atoms with Crippen LogP contribution in [-0.4, -0.2) is 101 Å². The molecule has 4 atom stereocenters. The number of anilines is 1. The molecule has 0 fully saturated rings. The van der Waals surface area contributed by atoms with Crippen molar-refractivity contribution < 1.29 is 49.7 Å². The lowest BCUT2D eigenvalue weighted by Gasteiger charge is -2.25. The number of aliphatic hydroxyl groups is 5. The van der Waals surface area contributed by atoms with Gasteiger partial charge in [-0.05, 0) is 43.0 Å². The molecule has 0 bridgehead atoms. The van der Waals surface area contributed by atoms with Crippen molar-refractivity contribution in [2.75, 3.05) is 39.7 Å². The van der Waals surface area contributed by atoms with Crippen LogP contribution in [0.25, 0.3) is 6.08 Å². The molecule has 1 amide bonds. The van der Waals surface area contributed by atoms with E-state index in [9.17, 15) is 14.7 Å². The number of aliphatic hydroxyl groups excluding tert-OH is 5. The van der Waals surface area contributed by atoms with E-state index in [1.54, 1.807) is 50.6 Å². The fraction of sp³-hybridized carbons (Fsp3) is 0.360. The standard InChI is InChI=1S/C18H17NO5.C7H17NO5/c1-23-15-9-7-12(11-16(15)24-2)8-10-17(20)19-14-6-4-3-5-13(14)18(21)22;1-8-2-4(10)6(12)7(13)5(11)3-9/h3-11H,1-2H3,(H,19,20)(H,21,22);4-13H,2-3H2,1H3/b10-8+;/t;4-,5+,6+,7+/m.0/s1. The molecule has 8 N–H and O–H groups in total. The van der Waals surface area contributed by atoms with Gasteiger partial charge in [-0.1, -0.05) is 18.2 Å². The molecule has 0 aliphatic rings. The Balaban J connectivity index is 0.000000448. The Bertz CT molecular complexity index is 1030. The van der Waals surface area contributed by atoms with Crippen LogP contribution in [0.4, 0.5) is 5.69 Å². The predicted octanol–water partition coefficient (Wildman–Crippen LogP) is -0.304. The number of carboxylic acid groups (broad SMARTS) is 1. The monoisotopic (exact) mass is 522 g/mol. The fourth-order valence-electron chi connectivity index (χ4n) is 2.97. The lowest BCUT2D eigenvalue weighted by molar-refractivity contribution is -0.113. The average Bonchev–Trinajstić information content (AvgIpc) is 2.90. The number of hydrogen-bond donors (Lipinski definition) is 8. The molecule has 0 aromatic heterocycles. The van der Waals surface area contributed by atoms with Gasteiger partial charge in [0.1, 0.15) is 18.3 Å². The first-order valence-electron chi connectivity index (χ1n) is 11.1. The largest absolute Gasteiger partial charge is 0.493 e. The minimum absolute atomic E-state index is 0.0327. The summed E-state index contributed by atoms with van der Waals surface area (Å²) in [5.41, 5.74) is 1.02. The molecule has 0 aliphatic heterocycles. The molecule has 2 aromatic carbocycles. The van der Waals surface area contributed by atoms with Crippen molar-refractivity contribution in [3.8, 4) is 11.5 Å². The fourth-order valence-corrected chi connectivity index (χ4v) is 2.97. The van der Waals surface area contributed by atoms with E-state index in [-0.39, 0.29) is 17.8 Å². The van der Waals surface area contributed by atoms with E-state index in [0.29, 0.717) is 11.5 Å². The normalized spacial score (nSPS) is 14.1. The topological polar surface area (TPSA) is 198 Å². The molecule has 2 rings (SSSR count). The summed E-state index contributed by atoms with van der Waals surface area (Å²) in [6.07, 6.45) is -2.73. The summed E-state index contributed by atoms with van der Waals surface area (Å²) >= 11 is 0. The van der Waals surface area contributed by atoms with Crippen molar-refractivity contribution in [1.29, 1.82) is 0 Å². The summed E-state index contributed by atoms with van der Waals surface area (Å²) in [6, 6.07) is 11.4. The number of hydrogen-bond acceptors (Lipinski definition) is 10. The Kier molecular flexibility index (Phi) is 13.9. The van der Waals surface area contributed by atoms with E-state index in [2.05, 4.69) is 10.6 Å². The zero-order valence-corrected chi connectivity index (χ0v) is 20.7. The molecule has 0 radical (unpaired) electrons. The maximum Gasteiger partial charge on any atom is 0.337 e. The van der Waals surface area contributed by atoms with Gasteiger partial charge in [-0.2, -0.15) is 0 Å². The summed E-state index contributed by atoms with van der Waals surface area (Å²) in [5.74, 6) is -0.390. The van der Waals surface area contributed by atoms with Gasteiger partial charge in [0.05, 0.1) is 38.2 Å². The Hall–Kier alpha value is -3.52. The predicted molar refractivity (Wildman–Crippen MR) is 136 cm³/mol. The molecule has 204 valence electrons. The van der Waals surface area contributed by atoms with Gasteiger partial charge >= 0.3 is 5.97 Å². The van der Waals surface area contributed by atoms with E-state index < -0.39 is 42.9 Å². The Morgan fingerprint density at radius 3 is 2.14 bits per heavy atom. The van der Waals surface area contributed by atoms with Crippen LogP contribution in [0.1, 0.15) is 15.9 Å². The molecule has 2 aromatic rings. The van der Waals surface area contributed by atoms with Crippen LogP contribution in [-0.2, 0) is 4.79 Å². The van der Waals surface area contributed by atoms with E-state index in [1.165, 1.54) is 25.3 Å². The van der Waals surface area contributed by atoms with Gasteiger partial charge < -0.3 is 50.7 Å². The number of rotatable bonds is 12. The highest BCUT2D eigenvalue weighted by Gasteiger charge is 2.29. The maximum atomic E-state index is 12.0.